The first-order valence-corrected chi connectivity index (χ1v) is 9.86. The Balaban J connectivity index is 2.00. The van der Waals surface area contributed by atoms with Gasteiger partial charge in [-0.2, -0.15) is 0 Å². The lowest BCUT2D eigenvalue weighted by molar-refractivity contribution is 0.323. The predicted octanol–water partition coefficient (Wildman–Crippen LogP) is 3.65. The van der Waals surface area contributed by atoms with Gasteiger partial charge in [-0.15, -0.1) is 0 Å². The molecule has 0 saturated heterocycles. The van der Waals surface area contributed by atoms with Crippen LogP contribution in [0.15, 0.2) is 46.8 Å². The summed E-state index contributed by atoms with van der Waals surface area (Å²) in [4.78, 5) is 3.15. The fourth-order valence-corrected chi connectivity index (χ4v) is 3.88. The predicted molar refractivity (Wildman–Crippen MR) is 107 cm³/mol. The first-order valence-electron chi connectivity index (χ1n) is 8.31. The van der Waals surface area contributed by atoms with E-state index in [1.807, 2.05) is 18.2 Å². The van der Waals surface area contributed by atoms with Crippen molar-refractivity contribution in [3.8, 4) is 23.0 Å². The summed E-state index contributed by atoms with van der Waals surface area (Å²) in [5, 5.41) is 2.04. The maximum absolute atomic E-state index is 12.8. The third kappa shape index (κ3) is 3.63. The lowest BCUT2D eigenvalue weighted by atomic mass is 10.2. The molecule has 1 heterocycles. The third-order valence-corrected chi connectivity index (χ3v) is 5.70. The van der Waals surface area contributed by atoms with Crippen LogP contribution in [0.1, 0.15) is 5.56 Å². The Morgan fingerprint density at radius 1 is 0.893 bits per heavy atom. The molecule has 1 aromatic heterocycles. The Kier molecular flexibility index (Phi) is 5.51. The van der Waals surface area contributed by atoms with Crippen molar-refractivity contribution in [2.75, 3.05) is 28.4 Å². The summed E-state index contributed by atoms with van der Waals surface area (Å²) in [6, 6.07) is 8.35. The Labute approximate surface area is 163 Å². The smallest absolute Gasteiger partial charge is 0.203 e. The normalized spacial score (nSPS) is 11.7. The molecule has 2 aromatic carbocycles. The van der Waals surface area contributed by atoms with E-state index < -0.39 is 9.84 Å². The largest absolute Gasteiger partial charge is 0.497 e. The van der Waals surface area contributed by atoms with Gasteiger partial charge in [-0.1, -0.05) is 0 Å². The number of methoxy groups -OCH3 is 4. The molecular weight excluding hydrogens is 382 g/mol. The molecule has 148 valence electrons. The average molecular weight is 403 g/mol. The van der Waals surface area contributed by atoms with Gasteiger partial charge in [0.15, 0.2) is 21.3 Å². The standard InChI is InChI=1S/C20H21NO6S/c1-24-14-5-6-16-13(12-21-17(16)9-14)7-8-28(22,23)15-10-18(25-2)20(27-4)19(11-15)26-3/h5-12,21H,1-4H3/b8-7+. The average Bonchev–Trinajstić information content (AvgIpc) is 3.13. The molecule has 3 rings (SSSR count). The van der Waals surface area contributed by atoms with Crippen LogP contribution in [-0.4, -0.2) is 41.8 Å². The topological polar surface area (TPSA) is 86.9 Å². The van der Waals surface area contributed by atoms with Gasteiger partial charge in [0.05, 0.1) is 33.3 Å². The molecule has 8 heteroatoms. The monoisotopic (exact) mass is 403 g/mol. The van der Waals surface area contributed by atoms with E-state index in [9.17, 15) is 8.42 Å². The summed E-state index contributed by atoms with van der Waals surface area (Å²) in [6.07, 6.45) is 3.29. The molecule has 3 aromatic rings. The van der Waals surface area contributed by atoms with E-state index in [4.69, 9.17) is 18.9 Å². The molecule has 0 unspecified atom stereocenters. The Bertz CT molecular complexity index is 1110. The first kappa shape index (κ1) is 19.6. The molecule has 0 fully saturated rings. The van der Waals surface area contributed by atoms with Gasteiger partial charge in [0, 0.05) is 46.3 Å². The summed E-state index contributed by atoms with van der Waals surface area (Å²) in [5.74, 6) is 1.59. The highest BCUT2D eigenvalue weighted by atomic mass is 32.2. The minimum absolute atomic E-state index is 0.0414. The minimum atomic E-state index is -3.74. The van der Waals surface area contributed by atoms with Crippen LogP contribution in [0.5, 0.6) is 23.0 Å². The lowest BCUT2D eigenvalue weighted by Gasteiger charge is -2.13. The molecule has 0 aliphatic rings. The summed E-state index contributed by atoms with van der Waals surface area (Å²) in [7, 11) is 2.18. The van der Waals surface area contributed by atoms with Crippen LogP contribution in [0, 0.1) is 0 Å². The van der Waals surface area contributed by atoms with Crippen LogP contribution in [-0.2, 0) is 9.84 Å². The highest BCUT2D eigenvalue weighted by Gasteiger charge is 2.19. The van der Waals surface area contributed by atoms with Gasteiger partial charge >= 0.3 is 0 Å². The van der Waals surface area contributed by atoms with E-state index in [2.05, 4.69) is 4.98 Å². The van der Waals surface area contributed by atoms with E-state index in [0.717, 1.165) is 27.6 Å². The number of H-pyrrole nitrogens is 1. The molecule has 0 aliphatic carbocycles. The van der Waals surface area contributed by atoms with Crippen LogP contribution in [0.25, 0.3) is 17.0 Å². The maximum Gasteiger partial charge on any atom is 0.203 e. The molecule has 0 radical (unpaired) electrons. The number of rotatable bonds is 7. The molecular formula is C20H21NO6S. The van der Waals surface area contributed by atoms with Crippen molar-refractivity contribution < 1.29 is 27.4 Å². The number of hydrogen-bond donors (Lipinski definition) is 1. The zero-order valence-corrected chi connectivity index (χ0v) is 16.8. The van der Waals surface area contributed by atoms with Gasteiger partial charge in [-0.05, 0) is 18.2 Å². The SMILES string of the molecule is COc1ccc2c(/C=C/S(=O)(=O)c3cc(OC)c(OC)c(OC)c3)c[nH]c2c1. The zero-order valence-electron chi connectivity index (χ0n) is 16.0. The van der Waals surface area contributed by atoms with Crippen molar-refractivity contribution in [1.29, 1.82) is 0 Å². The van der Waals surface area contributed by atoms with E-state index in [1.165, 1.54) is 33.5 Å². The van der Waals surface area contributed by atoms with Crippen LogP contribution >= 0.6 is 0 Å². The molecule has 0 saturated carbocycles. The minimum Gasteiger partial charge on any atom is -0.497 e. The van der Waals surface area contributed by atoms with Gasteiger partial charge in [-0.25, -0.2) is 8.42 Å². The number of sulfone groups is 1. The molecule has 28 heavy (non-hydrogen) atoms. The number of benzene rings is 2. The second kappa shape index (κ2) is 7.85. The highest BCUT2D eigenvalue weighted by molar-refractivity contribution is 7.94. The zero-order chi connectivity index (χ0) is 20.3. The highest BCUT2D eigenvalue weighted by Crippen LogP contribution is 2.40. The fourth-order valence-electron chi connectivity index (χ4n) is 2.86. The van der Waals surface area contributed by atoms with Crippen LogP contribution in [0.4, 0.5) is 0 Å². The second-order valence-corrected chi connectivity index (χ2v) is 7.70. The Morgan fingerprint density at radius 2 is 1.57 bits per heavy atom. The summed E-state index contributed by atoms with van der Waals surface area (Å²) >= 11 is 0. The number of aromatic amines is 1. The summed E-state index contributed by atoms with van der Waals surface area (Å²) in [5.41, 5.74) is 1.60. The summed E-state index contributed by atoms with van der Waals surface area (Å²) < 4.78 is 46.6. The van der Waals surface area contributed by atoms with Crippen molar-refractivity contribution in [1.82, 2.24) is 4.98 Å². The number of aromatic nitrogens is 1. The van der Waals surface area contributed by atoms with E-state index in [-0.39, 0.29) is 16.4 Å². The van der Waals surface area contributed by atoms with Crippen LogP contribution in [0.2, 0.25) is 0 Å². The van der Waals surface area contributed by atoms with Crippen LogP contribution < -0.4 is 18.9 Å². The van der Waals surface area contributed by atoms with Crippen molar-refractivity contribution in [2.24, 2.45) is 0 Å². The molecule has 0 spiro atoms. The second-order valence-electron chi connectivity index (χ2n) is 5.86. The fraction of sp³-hybridized carbons (Fsp3) is 0.200. The number of fused-ring (bicyclic) bond motifs is 1. The third-order valence-electron chi connectivity index (χ3n) is 4.31. The number of ether oxygens (including phenoxy) is 4. The van der Waals surface area contributed by atoms with E-state index in [1.54, 1.807) is 19.4 Å². The number of hydrogen-bond acceptors (Lipinski definition) is 6. The quantitative estimate of drug-likeness (QED) is 0.648. The molecule has 0 bridgehead atoms. The number of nitrogens with one attached hydrogen (secondary N) is 1. The van der Waals surface area contributed by atoms with Crippen molar-refractivity contribution in [3.63, 3.8) is 0 Å². The van der Waals surface area contributed by atoms with Gasteiger partial charge in [0.1, 0.15) is 5.75 Å². The summed E-state index contributed by atoms with van der Waals surface area (Å²) in [6.45, 7) is 0. The maximum atomic E-state index is 12.8. The van der Waals surface area contributed by atoms with Crippen LogP contribution in [0.3, 0.4) is 0 Å². The molecule has 1 N–H and O–H groups in total. The lowest BCUT2D eigenvalue weighted by Crippen LogP contribution is -2.01. The molecule has 0 aliphatic heterocycles. The molecule has 7 nitrogen and oxygen atoms in total. The van der Waals surface area contributed by atoms with Crippen molar-refractivity contribution in [3.05, 3.63) is 47.5 Å². The first-order chi connectivity index (χ1) is 13.4. The van der Waals surface area contributed by atoms with Crippen molar-refractivity contribution in [2.45, 2.75) is 4.90 Å². The van der Waals surface area contributed by atoms with Gasteiger partial charge < -0.3 is 23.9 Å². The molecule has 0 amide bonds. The van der Waals surface area contributed by atoms with E-state index in [0.29, 0.717) is 5.75 Å². The van der Waals surface area contributed by atoms with E-state index >= 15 is 0 Å². The van der Waals surface area contributed by atoms with Gasteiger partial charge in [-0.3, -0.25) is 0 Å². The Morgan fingerprint density at radius 3 is 2.14 bits per heavy atom. The van der Waals surface area contributed by atoms with Crippen molar-refractivity contribution >= 4 is 26.8 Å². The van der Waals surface area contributed by atoms with Gasteiger partial charge in [0.2, 0.25) is 5.75 Å². The Hall–Kier alpha value is -3.13. The van der Waals surface area contributed by atoms with Gasteiger partial charge in [0.25, 0.3) is 0 Å². The molecule has 0 atom stereocenters.